The summed E-state index contributed by atoms with van der Waals surface area (Å²) >= 11 is 0. The molecule has 0 aromatic heterocycles. The molecule has 2 fully saturated rings. The Bertz CT molecular complexity index is 1100. The molecule has 0 spiro atoms. The average molecular weight is 498 g/mol. The van der Waals surface area contributed by atoms with Gasteiger partial charge in [0.25, 0.3) is 0 Å². The Hall–Kier alpha value is -2.70. The lowest BCUT2D eigenvalue weighted by Crippen LogP contribution is -2.49. The van der Waals surface area contributed by atoms with E-state index in [1.54, 1.807) is 0 Å². The van der Waals surface area contributed by atoms with E-state index in [0.717, 1.165) is 77.4 Å². The highest BCUT2D eigenvalue weighted by Crippen LogP contribution is 2.37. The summed E-state index contributed by atoms with van der Waals surface area (Å²) in [4.78, 5) is 7.60. The zero-order valence-electron chi connectivity index (χ0n) is 21.7. The van der Waals surface area contributed by atoms with Gasteiger partial charge in [-0.15, -0.1) is 0 Å². The van der Waals surface area contributed by atoms with E-state index in [0.29, 0.717) is 5.92 Å². The highest BCUT2D eigenvalue weighted by atomic mass is 16.5. The Balaban J connectivity index is 1.09. The number of ether oxygens (including phenoxy) is 1. The Morgan fingerprint density at radius 1 is 0.784 bits per heavy atom. The first-order valence-electron chi connectivity index (χ1n) is 14.0. The molecule has 2 saturated heterocycles. The number of aliphatic hydroxyl groups is 1. The van der Waals surface area contributed by atoms with Crippen molar-refractivity contribution in [3.63, 3.8) is 0 Å². The summed E-state index contributed by atoms with van der Waals surface area (Å²) in [5, 5.41) is 11.3. The van der Waals surface area contributed by atoms with Crippen molar-refractivity contribution in [1.82, 2.24) is 9.80 Å². The van der Waals surface area contributed by atoms with E-state index < -0.39 is 0 Å². The van der Waals surface area contributed by atoms with Crippen molar-refractivity contribution in [2.45, 2.75) is 25.0 Å². The lowest BCUT2D eigenvalue weighted by molar-refractivity contribution is 0.0421. The topological polar surface area (TPSA) is 39.2 Å². The molecule has 5 nitrogen and oxygen atoms in total. The highest BCUT2D eigenvalue weighted by molar-refractivity contribution is 5.52. The number of benzene rings is 3. The smallest absolute Gasteiger partial charge is 0.0833 e. The molecule has 1 N–H and O–H groups in total. The molecule has 0 saturated carbocycles. The number of fused-ring (bicyclic) bond motifs is 1. The fourth-order valence-electron chi connectivity index (χ4n) is 6.48. The first-order valence-corrected chi connectivity index (χ1v) is 14.0. The van der Waals surface area contributed by atoms with Crippen LogP contribution in [0.5, 0.6) is 0 Å². The van der Waals surface area contributed by atoms with Crippen molar-refractivity contribution in [1.29, 1.82) is 0 Å². The van der Waals surface area contributed by atoms with E-state index in [1.807, 2.05) is 0 Å². The van der Waals surface area contributed by atoms with Crippen molar-refractivity contribution in [2.24, 2.45) is 5.92 Å². The van der Waals surface area contributed by atoms with Crippen LogP contribution in [0.15, 0.2) is 78.9 Å². The third-order valence-electron chi connectivity index (χ3n) is 8.55. The largest absolute Gasteiger partial charge is 0.388 e. The Kier molecular flexibility index (Phi) is 7.56. The minimum Gasteiger partial charge on any atom is -0.388 e. The maximum atomic E-state index is 11.3. The molecule has 5 heteroatoms. The van der Waals surface area contributed by atoms with Gasteiger partial charge in [0, 0.05) is 57.4 Å². The summed E-state index contributed by atoms with van der Waals surface area (Å²) in [6.07, 6.45) is 1.73. The van der Waals surface area contributed by atoms with Gasteiger partial charge in [-0.1, -0.05) is 66.7 Å². The Labute approximate surface area is 221 Å². The van der Waals surface area contributed by atoms with Gasteiger partial charge in [0.1, 0.15) is 0 Å². The van der Waals surface area contributed by atoms with Crippen molar-refractivity contribution >= 4 is 5.69 Å². The molecule has 6 rings (SSSR count). The van der Waals surface area contributed by atoms with E-state index >= 15 is 0 Å². The zero-order valence-corrected chi connectivity index (χ0v) is 21.7. The van der Waals surface area contributed by atoms with Crippen molar-refractivity contribution in [3.05, 3.63) is 101 Å². The summed E-state index contributed by atoms with van der Waals surface area (Å²) < 4.78 is 5.51. The van der Waals surface area contributed by atoms with Gasteiger partial charge < -0.3 is 19.6 Å². The van der Waals surface area contributed by atoms with Gasteiger partial charge in [0.15, 0.2) is 0 Å². The van der Waals surface area contributed by atoms with Crippen LogP contribution in [-0.4, -0.2) is 73.9 Å². The van der Waals surface area contributed by atoms with E-state index in [-0.39, 0.29) is 12.1 Å². The van der Waals surface area contributed by atoms with Crippen LogP contribution in [0.4, 0.5) is 5.69 Å². The zero-order chi connectivity index (χ0) is 25.0. The van der Waals surface area contributed by atoms with Crippen LogP contribution in [0.2, 0.25) is 0 Å². The number of morpholine rings is 1. The van der Waals surface area contributed by atoms with Crippen LogP contribution in [0.25, 0.3) is 0 Å². The number of piperazine rings is 1. The molecule has 0 radical (unpaired) electrons. The lowest BCUT2D eigenvalue weighted by atomic mass is 9.80. The summed E-state index contributed by atoms with van der Waals surface area (Å²) in [5.41, 5.74) is 6.46. The maximum absolute atomic E-state index is 11.3. The summed E-state index contributed by atoms with van der Waals surface area (Å²) in [6.45, 7) is 8.63. The number of anilines is 1. The number of aryl methyl sites for hydroxylation is 1. The third kappa shape index (κ3) is 5.46. The molecule has 2 atom stereocenters. The average Bonchev–Trinajstić information content (AvgIpc) is 2.97. The number of hydrogen-bond acceptors (Lipinski definition) is 5. The van der Waals surface area contributed by atoms with Gasteiger partial charge in [-0.3, -0.25) is 4.90 Å². The molecule has 2 unspecified atom stereocenters. The second-order valence-corrected chi connectivity index (χ2v) is 10.8. The molecule has 2 heterocycles. The quantitative estimate of drug-likeness (QED) is 0.542. The second-order valence-electron chi connectivity index (χ2n) is 10.8. The minimum atomic E-state index is -0.373. The highest BCUT2D eigenvalue weighted by Gasteiger charge is 2.32. The SMILES string of the molecule is OC1c2ccc(N3CCOCC3)cc2CCC1CN1CCN(C(c2ccccc2)c2ccccc2)CC1. The lowest BCUT2D eigenvalue weighted by Gasteiger charge is -2.42. The molecule has 3 aromatic carbocycles. The van der Waals surface area contributed by atoms with Gasteiger partial charge in [-0.2, -0.15) is 0 Å². The van der Waals surface area contributed by atoms with Crippen molar-refractivity contribution < 1.29 is 9.84 Å². The first-order chi connectivity index (χ1) is 18.3. The predicted molar refractivity (Wildman–Crippen MR) is 149 cm³/mol. The van der Waals surface area contributed by atoms with Crippen LogP contribution in [0, 0.1) is 5.92 Å². The van der Waals surface area contributed by atoms with E-state index in [1.165, 1.54) is 22.4 Å². The molecule has 3 aliphatic rings. The number of rotatable bonds is 6. The van der Waals surface area contributed by atoms with Gasteiger partial charge in [0.2, 0.25) is 0 Å². The summed E-state index contributed by atoms with van der Waals surface area (Å²) in [5.74, 6) is 0.298. The van der Waals surface area contributed by atoms with Crippen molar-refractivity contribution in [3.8, 4) is 0 Å². The van der Waals surface area contributed by atoms with Crippen LogP contribution in [-0.2, 0) is 11.2 Å². The molecular weight excluding hydrogens is 458 g/mol. The Morgan fingerprint density at radius 3 is 2.08 bits per heavy atom. The minimum absolute atomic E-state index is 0.289. The van der Waals surface area contributed by atoms with Crippen LogP contribution < -0.4 is 4.90 Å². The fraction of sp³-hybridized carbons (Fsp3) is 0.438. The van der Waals surface area contributed by atoms with E-state index in [4.69, 9.17) is 4.74 Å². The monoisotopic (exact) mass is 497 g/mol. The number of hydrogen-bond donors (Lipinski definition) is 1. The molecule has 3 aromatic rings. The molecule has 2 aliphatic heterocycles. The van der Waals surface area contributed by atoms with Crippen LogP contribution in [0.3, 0.4) is 0 Å². The molecule has 194 valence electrons. The molecule has 0 amide bonds. The normalized spacial score (nSPS) is 23.2. The number of aliphatic hydroxyl groups excluding tert-OH is 1. The molecular formula is C32H39N3O2. The van der Waals surface area contributed by atoms with Gasteiger partial charge in [-0.25, -0.2) is 0 Å². The van der Waals surface area contributed by atoms with Crippen LogP contribution >= 0.6 is 0 Å². The van der Waals surface area contributed by atoms with Crippen molar-refractivity contribution in [2.75, 3.05) is 63.9 Å². The standard InChI is InChI=1S/C32H39N3O2/c36-32-28(12-11-27-23-29(13-14-30(27)32)34-19-21-37-22-20-34)24-33-15-17-35(18-16-33)31(25-7-3-1-4-8-25)26-9-5-2-6-10-26/h1-10,13-14,23,28,31-32,36H,11-12,15-22,24H2. The first kappa shape index (κ1) is 24.6. The molecule has 1 aliphatic carbocycles. The maximum Gasteiger partial charge on any atom is 0.0833 e. The van der Waals surface area contributed by atoms with Gasteiger partial charge in [-0.05, 0) is 47.2 Å². The summed E-state index contributed by atoms with van der Waals surface area (Å²) in [7, 11) is 0. The van der Waals surface area contributed by atoms with Crippen LogP contribution in [0.1, 0.15) is 40.8 Å². The summed E-state index contributed by atoms with van der Waals surface area (Å²) in [6, 6.07) is 28.8. The molecule has 37 heavy (non-hydrogen) atoms. The van der Waals surface area contributed by atoms with Gasteiger partial charge >= 0.3 is 0 Å². The third-order valence-corrected chi connectivity index (χ3v) is 8.55. The molecule has 0 bridgehead atoms. The number of nitrogens with zero attached hydrogens (tertiary/aromatic N) is 3. The predicted octanol–water partition coefficient (Wildman–Crippen LogP) is 4.53. The van der Waals surface area contributed by atoms with E-state index in [9.17, 15) is 5.11 Å². The van der Waals surface area contributed by atoms with Gasteiger partial charge in [0.05, 0.1) is 25.4 Å². The fourth-order valence-corrected chi connectivity index (χ4v) is 6.48. The Morgan fingerprint density at radius 2 is 1.43 bits per heavy atom. The second kappa shape index (κ2) is 11.4. The van der Waals surface area contributed by atoms with E-state index in [2.05, 4.69) is 93.6 Å².